The van der Waals surface area contributed by atoms with Gasteiger partial charge in [-0.05, 0) is 37.5 Å². The SMILES string of the molecule is CN(/C(C#N)=C/CCCCBr)c1ccccc1. The maximum absolute atomic E-state index is 9.15. The highest BCUT2D eigenvalue weighted by molar-refractivity contribution is 9.09. The Balaban J connectivity index is 2.65. The van der Waals surface area contributed by atoms with Crippen LogP contribution in [0.25, 0.3) is 0 Å². The molecule has 17 heavy (non-hydrogen) atoms. The quantitative estimate of drug-likeness (QED) is 0.448. The first kappa shape index (κ1) is 13.8. The summed E-state index contributed by atoms with van der Waals surface area (Å²) in [4.78, 5) is 1.92. The van der Waals surface area contributed by atoms with Crippen molar-refractivity contribution in [2.75, 3.05) is 17.3 Å². The molecule has 3 heteroatoms. The Morgan fingerprint density at radius 2 is 2.06 bits per heavy atom. The maximum atomic E-state index is 9.15. The zero-order chi connectivity index (χ0) is 12.5. The van der Waals surface area contributed by atoms with Crippen LogP contribution in [-0.4, -0.2) is 12.4 Å². The first-order valence-corrected chi connectivity index (χ1v) is 6.86. The van der Waals surface area contributed by atoms with Crippen LogP contribution < -0.4 is 4.90 Å². The molecule has 0 saturated heterocycles. The summed E-state index contributed by atoms with van der Waals surface area (Å²) >= 11 is 3.40. The molecule has 0 bridgehead atoms. The van der Waals surface area contributed by atoms with Gasteiger partial charge >= 0.3 is 0 Å². The van der Waals surface area contributed by atoms with Gasteiger partial charge in [-0.25, -0.2) is 0 Å². The first-order chi connectivity index (χ1) is 8.29. The molecule has 0 atom stereocenters. The number of hydrogen-bond acceptors (Lipinski definition) is 2. The molecule has 0 aromatic heterocycles. The fourth-order valence-corrected chi connectivity index (χ4v) is 1.92. The molecule has 0 aliphatic carbocycles. The molecule has 1 aromatic carbocycles. The van der Waals surface area contributed by atoms with Crippen molar-refractivity contribution in [3.8, 4) is 6.07 Å². The third-order valence-electron chi connectivity index (χ3n) is 2.54. The molecule has 1 aromatic rings. The summed E-state index contributed by atoms with van der Waals surface area (Å²) in [6, 6.07) is 12.2. The molecular formula is C14H17BrN2. The van der Waals surface area contributed by atoms with Crippen LogP contribution in [0.1, 0.15) is 19.3 Å². The van der Waals surface area contributed by atoms with E-state index in [1.54, 1.807) is 0 Å². The van der Waals surface area contributed by atoms with Gasteiger partial charge in [-0.3, -0.25) is 0 Å². The first-order valence-electron chi connectivity index (χ1n) is 5.74. The van der Waals surface area contributed by atoms with Crippen LogP contribution in [0.2, 0.25) is 0 Å². The molecule has 0 unspecified atom stereocenters. The lowest BCUT2D eigenvalue weighted by Crippen LogP contribution is -2.15. The van der Waals surface area contributed by atoms with Crippen LogP contribution in [0.3, 0.4) is 0 Å². The summed E-state index contributed by atoms with van der Waals surface area (Å²) < 4.78 is 0. The van der Waals surface area contributed by atoms with Gasteiger partial charge in [0.25, 0.3) is 0 Å². The number of alkyl halides is 1. The van der Waals surface area contributed by atoms with Crippen LogP contribution in [-0.2, 0) is 0 Å². The van der Waals surface area contributed by atoms with Crippen LogP contribution in [0, 0.1) is 11.3 Å². The highest BCUT2D eigenvalue weighted by Gasteiger charge is 2.04. The Bertz CT molecular complexity index is 392. The summed E-state index contributed by atoms with van der Waals surface area (Å²) in [6.45, 7) is 0. The van der Waals surface area contributed by atoms with E-state index in [0.29, 0.717) is 5.70 Å². The Labute approximate surface area is 112 Å². The Kier molecular flexibility index (Phi) is 6.42. The van der Waals surface area contributed by atoms with Crippen molar-refractivity contribution in [2.24, 2.45) is 0 Å². The second-order valence-electron chi connectivity index (χ2n) is 3.78. The number of nitriles is 1. The molecule has 0 spiro atoms. The smallest absolute Gasteiger partial charge is 0.117 e. The van der Waals surface area contributed by atoms with E-state index in [1.807, 2.05) is 48.4 Å². The number of nitrogens with zero attached hydrogens (tertiary/aromatic N) is 2. The highest BCUT2D eigenvalue weighted by Crippen LogP contribution is 2.16. The number of allylic oxidation sites excluding steroid dienone is 2. The van der Waals surface area contributed by atoms with Crippen LogP contribution in [0.4, 0.5) is 5.69 Å². The molecule has 2 nitrogen and oxygen atoms in total. The van der Waals surface area contributed by atoms with E-state index in [-0.39, 0.29) is 0 Å². The minimum atomic E-state index is 0.714. The van der Waals surface area contributed by atoms with Gasteiger partial charge in [-0.2, -0.15) is 5.26 Å². The number of halogens is 1. The van der Waals surface area contributed by atoms with Crippen molar-refractivity contribution < 1.29 is 0 Å². The normalized spacial score (nSPS) is 11.0. The van der Waals surface area contributed by atoms with Crippen molar-refractivity contribution in [1.29, 1.82) is 5.26 Å². The van der Waals surface area contributed by atoms with Gasteiger partial charge in [-0.15, -0.1) is 0 Å². The Hall–Kier alpha value is -1.27. The summed E-state index contributed by atoms with van der Waals surface area (Å²) in [5.74, 6) is 0. The molecule has 1 rings (SSSR count). The van der Waals surface area contributed by atoms with Crippen molar-refractivity contribution in [2.45, 2.75) is 19.3 Å². The van der Waals surface area contributed by atoms with Crippen molar-refractivity contribution in [3.05, 3.63) is 42.1 Å². The number of rotatable bonds is 6. The van der Waals surface area contributed by atoms with Gasteiger partial charge in [0, 0.05) is 18.1 Å². The summed E-state index contributed by atoms with van der Waals surface area (Å²) in [6.07, 6.45) is 5.21. The predicted octanol–water partition coefficient (Wildman–Crippen LogP) is 4.10. The van der Waals surface area contributed by atoms with Crippen molar-refractivity contribution in [1.82, 2.24) is 0 Å². The number of unbranched alkanes of at least 4 members (excludes halogenated alkanes) is 2. The third kappa shape index (κ3) is 4.62. The van der Waals surface area contributed by atoms with Crippen molar-refractivity contribution >= 4 is 21.6 Å². The lowest BCUT2D eigenvalue weighted by atomic mass is 10.2. The molecule has 0 aliphatic heterocycles. The lowest BCUT2D eigenvalue weighted by Gasteiger charge is -2.17. The van der Waals surface area contributed by atoms with E-state index >= 15 is 0 Å². The van der Waals surface area contributed by atoms with E-state index in [9.17, 15) is 0 Å². The Morgan fingerprint density at radius 1 is 1.35 bits per heavy atom. The van der Waals surface area contributed by atoms with Gasteiger partial charge < -0.3 is 4.90 Å². The molecule has 0 amide bonds. The van der Waals surface area contributed by atoms with E-state index in [0.717, 1.165) is 30.3 Å². The Morgan fingerprint density at radius 3 is 2.65 bits per heavy atom. The molecule has 0 heterocycles. The zero-order valence-corrected chi connectivity index (χ0v) is 11.7. The maximum Gasteiger partial charge on any atom is 0.117 e. The minimum Gasteiger partial charge on any atom is -0.336 e. The average Bonchev–Trinajstić information content (AvgIpc) is 2.39. The second kappa shape index (κ2) is 7.92. The number of benzene rings is 1. The fourth-order valence-electron chi connectivity index (χ4n) is 1.53. The van der Waals surface area contributed by atoms with Gasteiger partial charge in [0.2, 0.25) is 0 Å². The molecule has 0 radical (unpaired) electrons. The van der Waals surface area contributed by atoms with E-state index in [4.69, 9.17) is 5.26 Å². The largest absolute Gasteiger partial charge is 0.336 e. The fraction of sp³-hybridized carbons (Fsp3) is 0.357. The monoisotopic (exact) mass is 292 g/mol. The van der Waals surface area contributed by atoms with E-state index in [1.165, 1.54) is 0 Å². The highest BCUT2D eigenvalue weighted by atomic mass is 79.9. The number of para-hydroxylation sites is 1. The summed E-state index contributed by atoms with van der Waals surface area (Å²) in [5, 5.41) is 10.2. The topological polar surface area (TPSA) is 27.0 Å². The van der Waals surface area contributed by atoms with Crippen LogP contribution in [0.15, 0.2) is 42.1 Å². The third-order valence-corrected chi connectivity index (χ3v) is 3.11. The van der Waals surface area contributed by atoms with Gasteiger partial charge in [0.05, 0.1) is 0 Å². The van der Waals surface area contributed by atoms with Gasteiger partial charge in [-0.1, -0.05) is 34.1 Å². The van der Waals surface area contributed by atoms with Gasteiger partial charge in [0.15, 0.2) is 0 Å². The second-order valence-corrected chi connectivity index (χ2v) is 4.57. The van der Waals surface area contributed by atoms with E-state index < -0.39 is 0 Å². The summed E-state index contributed by atoms with van der Waals surface area (Å²) in [7, 11) is 1.93. The van der Waals surface area contributed by atoms with Crippen molar-refractivity contribution in [3.63, 3.8) is 0 Å². The minimum absolute atomic E-state index is 0.714. The lowest BCUT2D eigenvalue weighted by molar-refractivity contribution is 0.821. The summed E-state index contributed by atoms with van der Waals surface area (Å²) in [5.41, 5.74) is 1.76. The van der Waals surface area contributed by atoms with Crippen LogP contribution in [0.5, 0.6) is 0 Å². The molecular weight excluding hydrogens is 276 g/mol. The average molecular weight is 293 g/mol. The van der Waals surface area contributed by atoms with Crippen LogP contribution >= 0.6 is 15.9 Å². The number of hydrogen-bond donors (Lipinski definition) is 0. The van der Waals surface area contributed by atoms with E-state index in [2.05, 4.69) is 22.0 Å². The molecule has 0 fully saturated rings. The molecule has 90 valence electrons. The standard InChI is InChI=1S/C14H17BrN2/c1-17(13-8-4-2-5-9-13)14(12-16)10-6-3-7-11-15/h2,4-5,8-10H,3,6-7,11H2,1H3/b14-10+. The number of anilines is 1. The molecule has 0 saturated carbocycles. The zero-order valence-electron chi connectivity index (χ0n) is 10.1. The molecule has 0 aliphatic rings. The predicted molar refractivity (Wildman–Crippen MR) is 76.2 cm³/mol. The van der Waals surface area contributed by atoms with Gasteiger partial charge in [0.1, 0.15) is 11.8 Å². The molecule has 0 N–H and O–H groups in total.